The largest absolute Gasteiger partial charge is 0.469 e. The van der Waals surface area contributed by atoms with Gasteiger partial charge in [-0.25, -0.2) is 0 Å². The summed E-state index contributed by atoms with van der Waals surface area (Å²) in [6.45, 7) is 3.93. The van der Waals surface area contributed by atoms with Crippen LogP contribution in [0.15, 0.2) is 12.2 Å². The van der Waals surface area contributed by atoms with Crippen molar-refractivity contribution in [3.8, 4) is 0 Å². The third kappa shape index (κ3) is 14.5. The van der Waals surface area contributed by atoms with Gasteiger partial charge in [0.1, 0.15) is 5.78 Å². The minimum absolute atomic E-state index is 0.0933. The van der Waals surface area contributed by atoms with Crippen molar-refractivity contribution in [2.45, 2.75) is 97.3 Å². The lowest BCUT2D eigenvalue weighted by Gasteiger charge is -2.09. The summed E-state index contributed by atoms with van der Waals surface area (Å²) in [5.41, 5.74) is 0. The Morgan fingerprint density at radius 2 is 1.54 bits per heavy atom. The molecule has 0 rings (SSSR count). The Kier molecular flexibility index (Phi) is 15.9. The maximum Gasteiger partial charge on any atom is 0.305 e. The molecule has 0 aliphatic rings. The number of esters is 1. The minimum Gasteiger partial charge on any atom is -0.469 e. The first-order valence-corrected chi connectivity index (χ1v) is 9.85. The lowest BCUT2D eigenvalue weighted by atomic mass is 9.96. The van der Waals surface area contributed by atoms with Crippen LogP contribution in [0.3, 0.4) is 0 Å². The molecular formula is C21H38O3. The molecule has 0 spiro atoms. The first kappa shape index (κ1) is 22.9. The predicted molar refractivity (Wildman–Crippen MR) is 101 cm³/mol. The number of allylic oxidation sites excluding steroid dienone is 2. The van der Waals surface area contributed by atoms with Crippen LogP contribution < -0.4 is 0 Å². The van der Waals surface area contributed by atoms with Gasteiger partial charge in [0, 0.05) is 12.3 Å². The van der Waals surface area contributed by atoms with Crippen molar-refractivity contribution < 1.29 is 14.3 Å². The summed E-state index contributed by atoms with van der Waals surface area (Å²) in [7, 11) is 1.43. The van der Waals surface area contributed by atoms with Gasteiger partial charge in [-0.1, -0.05) is 70.4 Å². The molecule has 0 saturated carbocycles. The number of carbonyl (C=O) groups excluding carboxylic acids is 2. The van der Waals surface area contributed by atoms with E-state index in [1.54, 1.807) is 6.92 Å². The van der Waals surface area contributed by atoms with Gasteiger partial charge in [-0.2, -0.15) is 0 Å². The van der Waals surface area contributed by atoms with Crippen molar-refractivity contribution in [2.24, 2.45) is 5.92 Å². The summed E-state index contributed by atoms with van der Waals surface area (Å²) in [5, 5.41) is 0. The van der Waals surface area contributed by atoms with Crippen molar-refractivity contribution in [1.82, 2.24) is 0 Å². The van der Waals surface area contributed by atoms with Gasteiger partial charge in [0.25, 0.3) is 0 Å². The summed E-state index contributed by atoms with van der Waals surface area (Å²) in [6.07, 6.45) is 18.7. The van der Waals surface area contributed by atoms with Crippen LogP contribution in [0, 0.1) is 5.92 Å². The van der Waals surface area contributed by atoms with Crippen LogP contribution >= 0.6 is 0 Å². The molecule has 140 valence electrons. The molecule has 24 heavy (non-hydrogen) atoms. The van der Waals surface area contributed by atoms with Crippen molar-refractivity contribution in [1.29, 1.82) is 0 Å². The second-order valence-corrected chi connectivity index (χ2v) is 6.73. The zero-order valence-corrected chi connectivity index (χ0v) is 16.1. The molecule has 0 radical (unpaired) electrons. The Bertz CT molecular complexity index is 347. The highest BCUT2D eigenvalue weighted by Gasteiger charge is 2.09. The van der Waals surface area contributed by atoms with Crippen LogP contribution in [0.1, 0.15) is 97.3 Å². The molecule has 0 N–H and O–H groups in total. The molecule has 0 aromatic carbocycles. The molecule has 0 fully saturated rings. The summed E-state index contributed by atoms with van der Waals surface area (Å²) >= 11 is 0. The van der Waals surface area contributed by atoms with Gasteiger partial charge in [-0.05, 0) is 32.6 Å². The SMILES string of the molecule is CCCCCCC/C=C/C(CCCCCCCC(=O)OC)C(C)=O. The van der Waals surface area contributed by atoms with E-state index in [2.05, 4.69) is 23.8 Å². The highest BCUT2D eigenvalue weighted by atomic mass is 16.5. The lowest BCUT2D eigenvalue weighted by Crippen LogP contribution is -2.07. The first-order chi connectivity index (χ1) is 11.6. The molecule has 0 aliphatic carbocycles. The first-order valence-electron chi connectivity index (χ1n) is 9.85. The summed E-state index contributed by atoms with van der Waals surface area (Å²) in [4.78, 5) is 22.7. The standard InChI is InChI=1S/C21H38O3/c1-4-5-6-7-8-10-13-16-20(19(2)22)17-14-11-9-12-15-18-21(23)24-3/h13,16,20H,4-12,14-15,17-18H2,1-3H3/b16-13+. The smallest absolute Gasteiger partial charge is 0.305 e. The highest BCUT2D eigenvalue weighted by molar-refractivity contribution is 5.79. The van der Waals surface area contributed by atoms with Crippen molar-refractivity contribution >= 4 is 11.8 Å². The number of ketones is 1. The van der Waals surface area contributed by atoms with Gasteiger partial charge < -0.3 is 4.74 Å². The number of carbonyl (C=O) groups is 2. The molecular weight excluding hydrogens is 300 g/mol. The van der Waals surface area contributed by atoms with Gasteiger partial charge in [0.2, 0.25) is 0 Å². The van der Waals surface area contributed by atoms with Crippen molar-refractivity contribution in [2.75, 3.05) is 7.11 Å². The van der Waals surface area contributed by atoms with Gasteiger partial charge in [-0.15, -0.1) is 0 Å². The molecule has 1 atom stereocenters. The average molecular weight is 339 g/mol. The molecule has 0 amide bonds. The molecule has 0 heterocycles. The number of hydrogen-bond donors (Lipinski definition) is 0. The molecule has 0 saturated heterocycles. The Morgan fingerprint density at radius 1 is 0.917 bits per heavy atom. The zero-order chi connectivity index (χ0) is 18.0. The fourth-order valence-corrected chi connectivity index (χ4v) is 2.83. The molecule has 0 aromatic heterocycles. The second kappa shape index (κ2) is 16.7. The number of rotatable bonds is 16. The van der Waals surface area contributed by atoms with E-state index >= 15 is 0 Å². The van der Waals surface area contributed by atoms with Crippen molar-refractivity contribution in [3.05, 3.63) is 12.2 Å². The Labute approximate surface area is 149 Å². The lowest BCUT2D eigenvalue weighted by molar-refractivity contribution is -0.140. The van der Waals surface area contributed by atoms with E-state index in [1.165, 1.54) is 39.2 Å². The topological polar surface area (TPSA) is 43.4 Å². The Hall–Kier alpha value is -1.12. The van der Waals surface area contributed by atoms with Gasteiger partial charge in [-0.3, -0.25) is 9.59 Å². The van der Waals surface area contributed by atoms with E-state index in [1.807, 2.05) is 0 Å². The maximum absolute atomic E-state index is 11.7. The van der Waals surface area contributed by atoms with E-state index in [0.29, 0.717) is 6.42 Å². The quantitative estimate of drug-likeness (QED) is 0.196. The number of methoxy groups -OCH3 is 1. The van der Waals surface area contributed by atoms with Crippen LogP contribution in [0.5, 0.6) is 0 Å². The summed E-state index contributed by atoms with van der Waals surface area (Å²) < 4.78 is 4.63. The van der Waals surface area contributed by atoms with E-state index in [4.69, 9.17) is 0 Å². The van der Waals surface area contributed by atoms with E-state index < -0.39 is 0 Å². The van der Waals surface area contributed by atoms with Gasteiger partial charge >= 0.3 is 5.97 Å². The molecule has 0 aliphatic heterocycles. The number of ether oxygens (including phenoxy) is 1. The fraction of sp³-hybridized carbons (Fsp3) is 0.810. The van der Waals surface area contributed by atoms with Crippen LogP contribution in [0.4, 0.5) is 0 Å². The third-order valence-corrected chi connectivity index (χ3v) is 4.49. The molecule has 3 nitrogen and oxygen atoms in total. The van der Waals surface area contributed by atoms with Crippen LogP contribution in [0.2, 0.25) is 0 Å². The molecule has 0 aromatic rings. The van der Waals surface area contributed by atoms with Gasteiger partial charge in [0.15, 0.2) is 0 Å². The number of unbranched alkanes of at least 4 members (excludes halogenated alkanes) is 9. The fourth-order valence-electron chi connectivity index (χ4n) is 2.83. The normalized spacial score (nSPS) is 12.5. The molecule has 0 bridgehead atoms. The zero-order valence-electron chi connectivity index (χ0n) is 16.1. The molecule has 1 unspecified atom stereocenters. The Morgan fingerprint density at radius 3 is 2.21 bits per heavy atom. The van der Waals surface area contributed by atoms with Crippen LogP contribution in [0.25, 0.3) is 0 Å². The van der Waals surface area contributed by atoms with Gasteiger partial charge in [0.05, 0.1) is 7.11 Å². The minimum atomic E-state index is -0.119. The summed E-state index contributed by atoms with van der Waals surface area (Å²) in [5.74, 6) is 0.255. The second-order valence-electron chi connectivity index (χ2n) is 6.73. The van der Waals surface area contributed by atoms with E-state index in [-0.39, 0.29) is 17.7 Å². The number of Topliss-reactive ketones (excluding diaryl/α,β-unsaturated/α-hetero) is 1. The molecule has 3 heteroatoms. The van der Waals surface area contributed by atoms with Crippen LogP contribution in [-0.2, 0) is 14.3 Å². The summed E-state index contributed by atoms with van der Waals surface area (Å²) in [6, 6.07) is 0. The predicted octanol–water partition coefficient (Wildman–Crippen LogP) is 6.01. The highest BCUT2D eigenvalue weighted by Crippen LogP contribution is 2.15. The number of hydrogen-bond acceptors (Lipinski definition) is 3. The maximum atomic E-state index is 11.7. The van der Waals surface area contributed by atoms with E-state index in [0.717, 1.165) is 44.9 Å². The van der Waals surface area contributed by atoms with Crippen molar-refractivity contribution in [3.63, 3.8) is 0 Å². The third-order valence-electron chi connectivity index (χ3n) is 4.49. The average Bonchev–Trinajstić information content (AvgIpc) is 2.57. The monoisotopic (exact) mass is 338 g/mol. The van der Waals surface area contributed by atoms with Crippen LogP contribution in [-0.4, -0.2) is 18.9 Å². The Balaban J connectivity index is 3.69. The van der Waals surface area contributed by atoms with E-state index in [9.17, 15) is 9.59 Å².